The lowest BCUT2D eigenvalue weighted by Crippen LogP contribution is -2.17. The third-order valence-electron chi connectivity index (χ3n) is 1.51. The Kier molecular flexibility index (Phi) is 7.97. The largest absolute Gasteiger partial charge is 0.343 e. The van der Waals surface area contributed by atoms with Gasteiger partial charge in [0.2, 0.25) is 0 Å². The minimum atomic E-state index is -2.97. The summed E-state index contributed by atoms with van der Waals surface area (Å²) in [4.78, 5) is 0. The van der Waals surface area contributed by atoms with Crippen LogP contribution >= 0.6 is 16.0 Å². The Morgan fingerprint density at radius 3 is 2.00 bits per heavy atom. The van der Waals surface area contributed by atoms with Crippen molar-refractivity contribution < 1.29 is 22.7 Å². The lowest BCUT2D eigenvalue weighted by molar-refractivity contribution is 0.273. The Morgan fingerprint density at radius 2 is 1.64 bits per heavy atom. The molecule has 0 aromatic rings. The quantitative estimate of drug-likeness (QED) is 0.655. The van der Waals surface area contributed by atoms with Crippen LogP contribution in [0.5, 0.6) is 0 Å². The van der Waals surface area contributed by atoms with E-state index in [9.17, 15) is 4.57 Å². The molecule has 0 bridgehead atoms. The molecule has 1 N–H and O–H groups in total. The van der Waals surface area contributed by atoms with Crippen molar-refractivity contribution in [3.63, 3.8) is 0 Å². The van der Waals surface area contributed by atoms with Crippen LogP contribution in [0.2, 0.25) is 0 Å². The summed E-state index contributed by atoms with van der Waals surface area (Å²) in [6.45, 7) is 0. The van der Waals surface area contributed by atoms with Gasteiger partial charge in [0.15, 0.2) is 8.38 Å². The Morgan fingerprint density at radius 1 is 1.14 bits per heavy atom. The van der Waals surface area contributed by atoms with E-state index in [0.29, 0.717) is 6.29 Å². The SMILES string of the molecule is COP(CNCP(=O)(OC)OC)OC. The van der Waals surface area contributed by atoms with Crippen LogP contribution in [0, 0.1) is 0 Å². The molecule has 0 unspecified atom stereocenters. The van der Waals surface area contributed by atoms with Crippen LogP contribution in [0.1, 0.15) is 0 Å². The zero-order valence-electron chi connectivity index (χ0n) is 8.85. The fourth-order valence-electron chi connectivity index (χ4n) is 0.685. The third-order valence-corrected chi connectivity index (χ3v) is 4.53. The summed E-state index contributed by atoms with van der Waals surface area (Å²) in [5.74, 6) is 0. The summed E-state index contributed by atoms with van der Waals surface area (Å²) in [7, 11) is 1.88. The highest BCUT2D eigenvalue weighted by atomic mass is 31.2. The molecule has 0 aromatic heterocycles. The maximum atomic E-state index is 11.5. The number of nitrogens with one attached hydrogen (secondary N) is 1. The average molecular weight is 245 g/mol. The van der Waals surface area contributed by atoms with Crippen molar-refractivity contribution in [1.82, 2.24) is 5.32 Å². The van der Waals surface area contributed by atoms with E-state index >= 15 is 0 Å². The summed E-state index contributed by atoms with van der Waals surface area (Å²) >= 11 is 0. The molecule has 0 aromatic carbocycles. The van der Waals surface area contributed by atoms with E-state index in [0.717, 1.165) is 0 Å². The maximum Gasteiger partial charge on any atom is 0.343 e. The standard InChI is InChI=1S/C6H17NO5P2/c1-9-13(10-2)5-7-6-14(8,11-3)12-4/h7H,5-6H2,1-4H3. The van der Waals surface area contributed by atoms with Gasteiger partial charge in [-0.15, -0.1) is 0 Å². The van der Waals surface area contributed by atoms with Gasteiger partial charge in [-0.05, 0) is 0 Å². The predicted molar refractivity (Wildman–Crippen MR) is 55.4 cm³/mol. The molecule has 86 valence electrons. The van der Waals surface area contributed by atoms with Crippen molar-refractivity contribution in [2.45, 2.75) is 0 Å². The van der Waals surface area contributed by atoms with Crippen molar-refractivity contribution in [2.75, 3.05) is 41.0 Å². The van der Waals surface area contributed by atoms with Crippen LogP contribution in [0.25, 0.3) is 0 Å². The smallest absolute Gasteiger partial charge is 0.337 e. The van der Waals surface area contributed by atoms with Gasteiger partial charge in [-0.25, -0.2) is 0 Å². The Bertz CT molecular complexity index is 179. The van der Waals surface area contributed by atoms with Gasteiger partial charge in [0, 0.05) is 28.4 Å². The zero-order valence-corrected chi connectivity index (χ0v) is 10.6. The molecule has 14 heavy (non-hydrogen) atoms. The topological polar surface area (TPSA) is 66.0 Å². The van der Waals surface area contributed by atoms with Gasteiger partial charge in [-0.3, -0.25) is 9.88 Å². The van der Waals surface area contributed by atoms with Crippen molar-refractivity contribution in [1.29, 1.82) is 0 Å². The zero-order chi connectivity index (χ0) is 11.0. The lowest BCUT2D eigenvalue weighted by atomic mass is 11.2. The molecule has 0 aliphatic heterocycles. The molecule has 0 amide bonds. The molecule has 6 nitrogen and oxygen atoms in total. The van der Waals surface area contributed by atoms with Crippen LogP contribution in [-0.2, 0) is 22.7 Å². The van der Waals surface area contributed by atoms with Crippen LogP contribution < -0.4 is 5.32 Å². The normalized spacial score (nSPS) is 12.4. The maximum absolute atomic E-state index is 11.5. The molecule has 0 rings (SSSR count). The first-order valence-electron chi connectivity index (χ1n) is 3.89. The molecule has 0 fully saturated rings. The number of rotatable bonds is 8. The third kappa shape index (κ3) is 5.37. The van der Waals surface area contributed by atoms with E-state index in [1.54, 1.807) is 14.2 Å². The molecule has 0 saturated heterocycles. The van der Waals surface area contributed by atoms with E-state index in [1.165, 1.54) is 14.2 Å². The second kappa shape index (κ2) is 7.71. The molecule has 0 aliphatic carbocycles. The van der Waals surface area contributed by atoms with Gasteiger partial charge in [0.1, 0.15) is 0 Å². The van der Waals surface area contributed by atoms with Crippen LogP contribution in [0.3, 0.4) is 0 Å². The molecule has 0 heterocycles. The van der Waals surface area contributed by atoms with Gasteiger partial charge in [0.05, 0.1) is 12.6 Å². The van der Waals surface area contributed by atoms with E-state index in [-0.39, 0.29) is 6.29 Å². The molecule has 8 heteroatoms. The van der Waals surface area contributed by atoms with Crippen molar-refractivity contribution in [3.05, 3.63) is 0 Å². The molecule has 0 atom stereocenters. The van der Waals surface area contributed by atoms with Crippen molar-refractivity contribution >= 4 is 16.0 Å². The van der Waals surface area contributed by atoms with E-state index < -0.39 is 16.0 Å². The van der Waals surface area contributed by atoms with Gasteiger partial charge < -0.3 is 18.1 Å². The van der Waals surface area contributed by atoms with Gasteiger partial charge in [-0.2, -0.15) is 0 Å². The van der Waals surface area contributed by atoms with Crippen LogP contribution in [-0.4, -0.2) is 41.0 Å². The molecule has 0 saturated carbocycles. The molecular weight excluding hydrogens is 228 g/mol. The summed E-state index contributed by atoms with van der Waals surface area (Å²) in [6.07, 6.45) is 0.630. The highest BCUT2D eigenvalue weighted by Gasteiger charge is 2.20. The fourth-order valence-corrected chi connectivity index (χ4v) is 2.36. The summed E-state index contributed by atoms with van der Waals surface area (Å²) in [5.41, 5.74) is 0. The van der Waals surface area contributed by atoms with Crippen LogP contribution in [0.15, 0.2) is 0 Å². The fraction of sp³-hybridized carbons (Fsp3) is 1.00. The van der Waals surface area contributed by atoms with E-state index in [1.807, 2.05) is 0 Å². The number of hydrogen-bond acceptors (Lipinski definition) is 6. The predicted octanol–water partition coefficient (Wildman–Crippen LogP) is 1.58. The summed E-state index contributed by atoms with van der Waals surface area (Å²) < 4.78 is 31.0. The molecule has 0 aliphatic rings. The Balaban J connectivity index is 3.76. The second-order valence-corrected chi connectivity index (χ2v) is 6.22. The first-order chi connectivity index (χ1) is 6.61. The highest BCUT2D eigenvalue weighted by molar-refractivity contribution is 7.53. The monoisotopic (exact) mass is 245 g/mol. The van der Waals surface area contributed by atoms with Crippen LogP contribution in [0.4, 0.5) is 0 Å². The van der Waals surface area contributed by atoms with E-state index in [4.69, 9.17) is 18.1 Å². The summed E-state index contributed by atoms with van der Waals surface area (Å²) in [5, 5.41) is 2.90. The average Bonchev–Trinajstić information content (AvgIpc) is 2.24. The van der Waals surface area contributed by atoms with E-state index in [2.05, 4.69) is 5.32 Å². The molecule has 0 spiro atoms. The molecule has 0 radical (unpaired) electrons. The van der Waals surface area contributed by atoms with Gasteiger partial charge in [-0.1, -0.05) is 0 Å². The minimum absolute atomic E-state index is 0.144. The first-order valence-corrected chi connectivity index (χ1v) is 6.98. The van der Waals surface area contributed by atoms with Crippen molar-refractivity contribution in [2.24, 2.45) is 0 Å². The first kappa shape index (κ1) is 14.5. The minimum Gasteiger partial charge on any atom is -0.337 e. The molecular formula is C6H17NO5P2. The Labute approximate surface area is 85.7 Å². The highest BCUT2D eigenvalue weighted by Crippen LogP contribution is 2.45. The second-order valence-electron chi connectivity index (χ2n) is 2.24. The lowest BCUT2D eigenvalue weighted by Gasteiger charge is -2.16. The van der Waals surface area contributed by atoms with Crippen molar-refractivity contribution in [3.8, 4) is 0 Å². The summed E-state index contributed by atoms with van der Waals surface area (Å²) in [6, 6.07) is 0. The van der Waals surface area contributed by atoms with Gasteiger partial charge >= 0.3 is 7.60 Å². The van der Waals surface area contributed by atoms with Gasteiger partial charge in [0.25, 0.3) is 0 Å². The Hall–Kier alpha value is 0.460. The number of hydrogen-bond donors (Lipinski definition) is 1.